The van der Waals surface area contributed by atoms with Gasteiger partial charge in [-0.25, -0.2) is 8.42 Å². The molecule has 0 spiro atoms. The molecule has 0 aromatic heterocycles. The minimum absolute atomic E-state index is 0.0377. The third-order valence-electron chi connectivity index (χ3n) is 5.78. The predicted octanol–water partition coefficient (Wildman–Crippen LogP) is 4.75. The van der Waals surface area contributed by atoms with Crippen molar-refractivity contribution in [2.45, 2.75) is 31.3 Å². The molecule has 8 nitrogen and oxygen atoms in total. The molecular weight excluding hydrogens is 549 g/mol. The van der Waals surface area contributed by atoms with Gasteiger partial charge in [0.25, 0.3) is 10.0 Å². The molecule has 11 heteroatoms. The van der Waals surface area contributed by atoms with Gasteiger partial charge in [0.1, 0.15) is 18.3 Å². The number of benzene rings is 3. The van der Waals surface area contributed by atoms with Gasteiger partial charge in [-0.15, -0.1) is 0 Å². The van der Waals surface area contributed by atoms with Crippen LogP contribution in [0.5, 0.6) is 5.75 Å². The summed E-state index contributed by atoms with van der Waals surface area (Å²) in [5, 5.41) is 3.49. The van der Waals surface area contributed by atoms with E-state index in [1.165, 1.54) is 42.3 Å². The Bertz CT molecular complexity index is 1380. The van der Waals surface area contributed by atoms with Crippen molar-refractivity contribution >= 4 is 50.7 Å². The van der Waals surface area contributed by atoms with Gasteiger partial charge in [-0.1, -0.05) is 41.4 Å². The molecule has 0 aliphatic rings. The van der Waals surface area contributed by atoms with Gasteiger partial charge in [0.15, 0.2) is 0 Å². The first kappa shape index (κ1) is 29.3. The smallest absolute Gasteiger partial charge is 0.264 e. The van der Waals surface area contributed by atoms with Crippen LogP contribution in [0.1, 0.15) is 19.4 Å². The minimum Gasteiger partial charge on any atom is -0.497 e. The summed E-state index contributed by atoms with van der Waals surface area (Å²) in [4.78, 5) is 27.8. The largest absolute Gasteiger partial charge is 0.497 e. The Balaban J connectivity index is 2.03. The number of likely N-dealkylation sites (N-methyl/N-ethyl adjacent to an activating group) is 1. The highest BCUT2D eigenvalue weighted by atomic mass is 35.5. The molecule has 1 N–H and O–H groups in total. The van der Waals surface area contributed by atoms with Gasteiger partial charge in [0.2, 0.25) is 11.8 Å². The number of ether oxygens (including phenoxy) is 1. The first-order valence-corrected chi connectivity index (χ1v) is 14.0. The van der Waals surface area contributed by atoms with E-state index in [1.807, 2.05) is 0 Å². The number of carbonyl (C=O) groups is 2. The molecule has 0 bridgehead atoms. The first-order chi connectivity index (χ1) is 18.1. The fraction of sp³-hybridized carbons (Fsp3) is 0.259. The highest BCUT2D eigenvalue weighted by Gasteiger charge is 2.32. The van der Waals surface area contributed by atoms with Crippen molar-refractivity contribution < 1.29 is 22.7 Å². The number of hydrogen-bond donors (Lipinski definition) is 1. The Hall–Kier alpha value is -3.27. The molecule has 0 heterocycles. The van der Waals surface area contributed by atoms with Gasteiger partial charge in [-0.3, -0.25) is 13.9 Å². The molecule has 3 aromatic rings. The zero-order valence-corrected chi connectivity index (χ0v) is 23.6. The third-order valence-corrected chi connectivity index (χ3v) is 8.04. The van der Waals surface area contributed by atoms with E-state index < -0.39 is 28.5 Å². The predicted molar refractivity (Wildman–Crippen MR) is 149 cm³/mol. The molecule has 1 atom stereocenters. The van der Waals surface area contributed by atoms with Crippen LogP contribution in [-0.2, 0) is 26.2 Å². The summed E-state index contributed by atoms with van der Waals surface area (Å²) < 4.78 is 33.7. The minimum atomic E-state index is -4.21. The van der Waals surface area contributed by atoms with E-state index in [4.69, 9.17) is 27.9 Å². The topological polar surface area (TPSA) is 96.0 Å². The highest BCUT2D eigenvalue weighted by Crippen LogP contribution is 2.28. The van der Waals surface area contributed by atoms with Crippen molar-refractivity contribution in [3.63, 3.8) is 0 Å². The summed E-state index contributed by atoms with van der Waals surface area (Å²) in [6.07, 6.45) is 0. The number of nitrogens with zero attached hydrogens (tertiary/aromatic N) is 2. The number of sulfonamides is 1. The van der Waals surface area contributed by atoms with E-state index in [-0.39, 0.29) is 23.0 Å². The monoisotopic (exact) mass is 577 g/mol. The molecule has 0 aliphatic heterocycles. The van der Waals surface area contributed by atoms with Crippen LogP contribution >= 0.6 is 23.2 Å². The van der Waals surface area contributed by atoms with Crippen molar-refractivity contribution in [2.75, 3.05) is 24.5 Å². The zero-order chi connectivity index (χ0) is 27.9. The number of anilines is 1. The summed E-state index contributed by atoms with van der Waals surface area (Å²) in [5.41, 5.74) is 0.893. The molecule has 3 rings (SSSR count). The summed E-state index contributed by atoms with van der Waals surface area (Å²) >= 11 is 12.3. The van der Waals surface area contributed by atoms with Crippen LogP contribution in [0.4, 0.5) is 5.69 Å². The van der Waals surface area contributed by atoms with E-state index in [0.717, 1.165) is 4.31 Å². The van der Waals surface area contributed by atoms with Gasteiger partial charge in [0, 0.05) is 23.1 Å². The van der Waals surface area contributed by atoms with Crippen LogP contribution in [0.25, 0.3) is 0 Å². The lowest BCUT2D eigenvalue weighted by Crippen LogP contribution is -2.51. The van der Waals surface area contributed by atoms with Crippen LogP contribution in [0.15, 0.2) is 77.7 Å². The lowest BCUT2D eigenvalue weighted by atomic mass is 10.1. The van der Waals surface area contributed by atoms with E-state index >= 15 is 0 Å². The highest BCUT2D eigenvalue weighted by molar-refractivity contribution is 7.92. The summed E-state index contributed by atoms with van der Waals surface area (Å²) in [6, 6.07) is 18.1. The number of hydrogen-bond acceptors (Lipinski definition) is 5. The number of amides is 2. The van der Waals surface area contributed by atoms with Crippen molar-refractivity contribution in [1.82, 2.24) is 10.2 Å². The van der Waals surface area contributed by atoms with Crippen molar-refractivity contribution in [2.24, 2.45) is 0 Å². The normalized spacial score (nSPS) is 11.9. The molecule has 0 unspecified atom stereocenters. The quantitative estimate of drug-likeness (QED) is 0.354. The molecule has 38 heavy (non-hydrogen) atoms. The third kappa shape index (κ3) is 7.18. The van der Waals surface area contributed by atoms with Crippen LogP contribution in [0, 0.1) is 0 Å². The Morgan fingerprint density at radius 1 is 0.974 bits per heavy atom. The van der Waals surface area contributed by atoms with Gasteiger partial charge in [-0.2, -0.15) is 0 Å². The average molecular weight is 579 g/mol. The second-order valence-electron chi connectivity index (χ2n) is 8.39. The molecule has 0 radical (unpaired) electrons. The lowest BCUT2D eigenvalue weighted by molar-refractivity contribution is -0.139. The fourth-order valence-electron chi connectivity index (χ4n) is 3.77. The zero-order valence-electron chi connectivity index (χ0n) is 21.2. The van der Waals surface area contributed by atoms with Gasteiger partial charge < -0.3 is 15.0 Å². The number of nitrogens with one attached hydrogen (secondary N) is 1. The van der Waals surface area contributed by atoms with Crippen molar-refractivity contribution in [1.29, 1.82) is 0 Å². The maximum absolute atomic E-state index is 13.8. The molecule has 3 aromatic carbocycles. The van der Waals surface area contributed by atoms with Gasteiger partial charge in [0.05, 0.1) is 17.7 Å². The van der Waals surface area contributed by atoms with Crippen molar-refractivity contribution in [3.05, 3.63) is 88.4 Å². The number of rotatable bonds is 11. The van der Waals surface area contributed by atoms with Gasteiger partial charge in [-0.05, 0) is 74.0 Å². The standard InChI is InChI=1S/C27H29Cl2N3O5S/c1-4-30-27(34)19(2)31(17-20-7-5-8-21(28)15-20)26(33)18-32(23-10-6-9-22(29)16-23)38(35,36)25-13-11-24(37-3)12-14-25/h5-16,19H,4,17-18H2,1-3H3,(H,30,34)/t19-/m0/s1. The number of carbonyl (C=O) groups excluding carboxylic acids is 2. The van der Waals surface area contributed by atoms with Gasteiger partial charge >= 0.3 is 0 Å². The Morgan fingerprint density at radius 2 is 1.61 bits per heavy atom. The SMILES string of the molecule is CCNC(=O)[C@H](C)N(Cc1cccc(Cl)c1)C(=O)CN(c1cccc(Cl)c1)S(=O)(=O)c1ccc(OC)cc1. The average Bonchev–Trinajstić information content (AvgIpc) is 2.90. The van der Waals surface area contributed by atoms with E-state index in [1.54, 1.807) is 56.3 Å². The number of halogens is 2. The van der Waals surface area contributed by atoms with Crippen LogP contribution in [0.3, 0.4) is 0 Å². The first-order valence-electron chi connectivity index (χ1n) is 11.8. The molecule has 0 fully saturated rings. The van der Waals surface area contributed by atoms with E-state index in [0.29, 0.717) is 27.9 Å². The molecule has 202 valence electrons. The summed E-state index contributed by atoms with van der Waals surface area (Å²) in [5.74, 6) is -0.464. The molecule has 0 saturated carbocycles. The lowest BCUT2D eigenvalue weighted by Gasteiger charge is -2.32. The van der Waals surface area contributed by atoms with Crippen LogP contribution < -0.4 is 14.4 Å². The van der Waals surface area contributed by atoms with Crippen LogP contribution in [-0.4, -0.2) is 51.4 Å². The molecule has 0 aliphatic carbocycles. The molecule has 0 saturated heterocycles. The summed E-state index contributed by atoms with van der Waals surface area (Å²) in [6.45, 7) is 3.22. The summed E-state index contributed by atoms with van der Waals surface area (Å²) in [7, 11) is -2.73. The van der Waals surface area contributed by atoms with Crippen LogP contribution in [0.2, 0.25) is 10.0 Å². The van der Waals surface area contributed by atoms with E-state index in [9.17, 15) is 18.0 Å². The molecule has 2 amide bonds. The molecular formula is C27H29Cl2N3O5S. The second-order valence-corrected chi connectivity index (χ2v) is 11.1. The maximum atomic E-state index is 13.8. The Labute approximate surface area is 233 Å². The van der Waals surface area contributed by atoms with E-state index in [2.05, 4.69) is 5.32 Å². The maximum Gasteiger partial charge on any atom is 0.264 e. The Morgan fingerprint density at radius 3 is 2.18 bits per heavy atom. The number of methoxy groups -OCH3 is 1. The fourth-order valence-corrected chi connectivity index (χ4v) is 5.57. The Kier molecular flexibility index (Phi) is 10.0. The second kappa shape index (κ2) is 13.0. The van der Waals surface area contributed by atoms with Crippen molar-refractivity contribution in [3.8, 4) is 5.75 Å².